The number of unbranched alkanes of at least 4 members (excludes halogenated alkanes) is 11. The fourth-order valence-electron chi connectivity index (χ4n) is 7.19. The molecule has 0 amide bonds. The zero-order chi connectivity index (χ0) is 47.3. The largest absolute Gasteiger partial charge is 0.457 e. The Balaban J connectivity index is 1.81. The minimum atomic E-state index is -1.72. The Morgan fingerprint density at radius 3 is 1.57 bits per heavy atom. The summed E-state index contributed by atoms with van der Waals surface area (Å²) >= 11 is 0. The van der Waals surface area contributed by atoms with Crippen LogP contribution in [0.25, 0.3) is 0 Å². The third-order valence-corrected chi connectivity index (χ3v) is 11.2. The van der Waals surface area contributed by atoms with Gasteiger partial charge in [-0.1, -0.05) is 132 Å². The van der Waals surface area contributed by atoms with E-state index in [1.807, 2.05) is 0 Å². The van der Waals surface area contributed by atoms with Gasteiger partial charge in [0, 0.05) is 13.0 Å². The number of ether oxygens (including phenoxy) is 6. The Hall–Kier alpha value is -2.57. The number of allylic oxidation sites excluding steroid dienone is 12. The van der Waals surface area contributed by atoms with Crippen molar-refractivity contribution >= 4 is 5.97 Å². The van der Waals surface area contributed by atoms with Gasteiger partial charge in [0.05, 0.1) is 26.4 Å². The van der Waals surface area contributed by atoms with Gasteiger partial charge in [-0.3, -0.25) is 4.79 Å². The molecule has 14 nitrogen and oxygen atoms in total. The maximum absolute atomic E-state index is 13.0. The van der Waals surface area contributed by atoms with Crippen LogP contribution in [-0.4, -0.2) is 142 Å². The van der Waals surface area contributed by atoms with Gasteiger partial charge in [-0.15, -0.1) is 0 Å². The van der Waals surface area contributed by atoms with Crippen LogP contribution in [0.15, 0.2) is 72.9 Å². The lowest BCUT2D eigenvalue weighted by atomic mass is 9.98. The second-order valence-electron chi connectivity index (χ2n) is 16.9. The molecule has 2 aliphatic heterocycles. The zero-order valence-electron chi connectivity index (χ0n) is 39.4. The normalized spacial score (nSPS) is 27.2. The van der Waals surface area contributed by atoms with E-state index in [1.54, 1.807) is 0 Å². The van der Waals surface area contributed by atoms with Gasteiger partial charge in [0.15, 0.2) is 12.6 Å². The van der Waals surface area contributed by atoms with Crippen molar-refractivity contribution in [2.45, 2.75) is 210 Å². The first-order chi connectivity index (χ1) is 31.6. The van der Waals surface area contributed by atoms with Crippen LogP contribution in [0.4, 0.5) is 0 Å². The van der Waals surface area contributed by atoms with E-state index in [0.29, 0.717) is 13.0 Å². The van der Waals surface area contributed by atoms with Crippen molar-refractivity contribution in [3.63, 3.8) is 0 Å². The van der Waals surface area contributed by atoms with E-state index in [0.717, 1.165) is 96.3 Å². The molecular formula is C51H86O14. The van der Waals surface area contributed by atoms with Crippen LogP contribution in [-0.2, 0) is 33.2 Å². The topological polar surface area (TPSA) is 214 Å². The van der Waals surface area contributed by atoms with Crippen molar-refractivity contribution in [3.05, 3.63) is 72.9 Å². The molecule has 374 valence electrons. The van der Waals surface area contributed by atoms with Crippen LogP contribution in [0, 0.1) is 0 Å². The molecule has 2 fully saturated rings. The highest BCUT2D eigenvalue weighted by Crippen LogP contribution is 2.26. The number of aliphatic hydroxyl groups excluding tert-OH is 7. The predicted molar refractivity (Wildman–Crippen MR) is 252 cm³/mol. The molecule has 0 saturated carbocycles. The van der Waals surface area contributed by atoms with Gasteiger partial charge in [-0.05, 0) is 77.0 Å². The van der Waals surface area contributed by atoms with Crippen LogP contribution in [0.2, 0.25) is 0 Å². The standard InChI is InChI=1S/C51H86O14/c1-3-5-7-9-11-13-15-17-19-20-21-22-24-26-28-30-32-34-43(53)63-40(37-60-35-33-31-29-27-25-23-18-16-14-12-10-8-6-4-2)38-61-50-49(59)47(57)45(55)42(65-50)39-62-51-48(58)46(56)44(54)41(36-52)64-51/h5,7-8,10-11,13-14,16-17,19,21-22,40-42,44-52,54-59H,3-4,6,9,12,15,18,20,23-39H2,1-2H3/b7-5-,10-8-,13-11-,16-14-,19-17-,22-21-. The first kappa shape index (κ1) is 58.6. The molecule has 7 N–H and O–H groups in total. The monoisotopic (exact) mass is 923 g/mol. The predicted octanol–water partition coefficient (Wildman–Crippen LogP) is 6.73. The lowest BCUT2D eigenvalue weighted by molar-refractivity contribution is -0.332. The number of aliphatic hydroxyl groups is 7. The Morgan fingerprint density at radius 1 is 0.523 bits per heavy atom. The quantitative estimate of drug-likeness (QED) is 0.0196. The van der Waals surface area contributed by atoms with Crippen LogP contribution < -0.4 is 0 Å². The van der Waals surface area contributed by atoms with Crippen molar-refractivity contribution in [1.82, 2.24) is 0 Å². The minimum absolute atomic E-state index is 0.0399. The molecule has 0 aromatic carbocycles. The van der Waals surface area contributed by atoms with Gasteiger partial charge in [-0.25, -0.2) is 0 Å². The van der Waals surface area contributed by atoms with Crippen molar-refractivity contribution in [1.29, 1.82) is 0 Å². The summed E-state index contributed by atoms with van der Waals surface area (Å²) in [6.07, 6.45) is 29.6. The van der Waals surface area contributed by atoms with E-state index in [9.17, 15) is 40.5 Å². The lowest BCUT2D eigenvalue weighted by Gasteiger charge is -2.42. The van der Waals surface area contributed by atoms with Crippen molar-refractivity contribution in [2.24, 2.45) is 0 Å². The molecule has 65 heavy (non-hydrogen) atoms. The maximum atomic E-state index is 13.0. The number of hydrogen-bond donors (Lipinski definition) is 7. The Labute approximate surface area is 389 Å². The van der Waals surface area contributed by atoms with E-state index >= 15 is 0 Å². The number of carbonyl (C=O) groups excluding carboxylic acids is 1. The summed E-state index contributed by atoms with van der Waals surface area (Å²) in [6, 6.07) is 0. The van der Waals surface area contributed by atoms with Crippen LogP contribution in [0.3, 0.4) is 0 Å². The summed E-state index contributed by atoms with van der Waals surface area (Å²) in [5, 5.41) is 72.0. The number of hydrogen-bond acceptors (Lipinski definition) is 14. The Bertz CT molecular complexity index is 1350. The first-order valence-corrected chi connectivity index (χ1v) is 24.5. The van der Waals surface area contributed by atoms with Gasteiger partial charge in [-0.2, -0.15) is 0 Å². The van der Waals surface area contributed by atoms with E-state index in [4.69, 9.17) is 28.4 Å². The van der Waals surface area contributed by atoms with E-state index in [2.05, 4.69) is 86.8 Å². The van der Waals surface area contributed by atoms with Crippen LogP contribution in [0.1, 0.15) is 142 Å². The molecule has 0 spiro atoms. The van der Waals surface area contributed by atoms with Crippen molar-refractivity contribution in [2.75, 3.05) is 33.0 Å². The van der Waals surface area contributed by atoms with E-state index in [-0.39, 0.29) is 19.6 Å². The molecule has 11 unspecified atom stereocenters. The highest BCUT2D eigenvalue weighted by molar-refractivity contribution is 5.69. The second kappa shape index (κ2) is 38.4. The average molecular weight is 923 g/mol. The minimum Gasteiger partial charge on any atom is -0.457 e. The summed E-state index contributed by atoms with van der Waals surface area (Å²) < 4.78 is 34.2. The van der Waals surface area contributed by atoms with E-state index in [1.165, 1.54) is 19.3 Å². The van der Waals surface area contributed by atoms with Gasteiger partial charge in [0.2, 0.25) is 0 Å². The number of carbonyl (C=O) groups is 1. The SMILES string of the molecule is CC/C=C\C/C=C\C/C=C\C/C=C\CCCCCCC(=O)OC(COCCCCCCCC/C=C\C/C=C\CCC)COC1OC(COC2OC(CO)C(O)C(O)C2O)C(O)C(O)C1O. The molecule has 11 atom stereocenters. The maximum Gasteiger partial charge on any atom is 0.306 e. The fourth-order valence-corrected chi connectivity index (χ4v) is 7.19. The second-order valence-corrected chi connectivity index (χ2v) is 16.9. The molecule has 2 saturated heterocycles. The molecule has 0 aromatic heterocycles. The summed E-state index contributed by atoms with van der Waals surface area (Å²) in [7, 11) is 0. The van der Waals surface area contributed by atoms with Crippen molar-refractivity contribution < 1.29 is 69.0 Å². The Morgan fingerprint density at radius 2 is 1.00 bits per heavy atom. The molecule has 2 rings (SSSR count). The highest BCUT2D eigenvalue weighted by atomic mass is 16.7. The molecule has 2 heterocycles. The fraction of sp³-hybridized carbons (Fsp3) is 0.745. The smallest absolute Gasteiger partial charge is 0.306 e. The zero-order valence-corrected chi connectivity index (χ0v) is 39.4. The third-order valence-electron chi connectivity index (χ3n) is 11.2. The number of rotatable bonds is 37. The molecule has 14 heteroatoms. The molecule has 0 aromatic rings. The first-order valence-electron chi connectivity index (χ1n) is 24.5. The summed E-state index contributed by atoms with van der Waals surface area (Å²) in [4.78, 5) is 13.0. The van der Waals surface area contributed by atoms with Crippen LogP contribution >= 0.6 is 0 Å². The molecule has 0 bridgehead atoms. The van der Waals surface area contributed by atoms with Crippen LogP contribution in [0.5, 0.6) is 0 Å². The summed E-state index contributed by atoms with van der Waals surface area (Å²) in [5.41, 5.74) is 0. The van der Waals surface area contributed by atoms with Crippen molar-refractivity contribution in [3.8, 4) is 0 Å². The molecular weight excluding hydrogens is 837 g/mol. The number of esters is 1. The lowest BCUT2D eigenvalue weighted by Crippen LogP contribution is -2.61. The summed E-state index contributed by atoms with van der Waals surface area (Å²) in [5.74, 6) is -0.407. The van der Waals surface area contributed by atoms with E-state index < -0.39 is 86.7 Å². The molecule has 2 aliphatic rings. The van der Waals surface area contributed by atoms with Gasteiger partial charge in [0.1, 0.15) is 54.9 Å². The molecule has 0 radical (unpaired) electrons. The van der Waals surface area contributed by atoms with Gasteiger partial charge in [0.25, 0.3) is 0 Å². The van der Waals surface area contributed by atoms with Gasteiger partial charge >= 0.3 is 5.97 Å². The average Bonchev–Trinajstić information content (AvgIpc) is 3.30. The van der Waals surface area contributed by atoms with Gasteiger partial charge < -0.3 is 64.2 Å². The molecule has 0 aliphatic carbocycles. The summed E-state index contributed by atoms with van der Waals surface area (Å²) in [6.45, 7) is 3.42. The third kappa shape index (κ3) is 26.5. The highest BCUT2D eigenvalue weighted by Gasteiger charge is 2.47. The Kier molecular flexibility index (Phi) is 34.6.